The van der Waals surface area contributed by atoms with Crippen LogP contribution in [0.4, 0.5) is 0 Å². The van der Waals surface area contributed by atoms with E-state index < -0.39 is 5.54 Å². The number of benzene rings is 1. The van der Waals surface area contributed by atoms with Gasteiger partial charge in [-0.15, -0.1) is 0 Å². The quantitative estimate of drug-likeness (QED) is 0.916. The lowest BCUT2D eigenvalue weighted by molar-refractivity contribution is -0.133. The molecule has 1 atom stereocenters. The summed E-state index contributed by atoms with van der Waals surface area (Å²) < 4.78 is 0. The average molecular weight is 271 g/mol. The second-order valence-electron chi connectivity index (χ2n) is 5.63. The molecule has 0 bridgehead atoms. The van der Waals surface area contributed by atoms with E-state index in [1.54, 1.807) is 4.90 Å². The van der Waals surface area contributed by atoms with Crippen molar-refractivity contribution in [2.24, 2.45) is 16.6 Å². The first-order valence-electron chi connectivity index (χ1n) is 7.43. The molecule has 1 aliphatic heterocycles. The highest BCUT2D eigenvalue weighted by Gasteiger charge is 2.54. The van der Waals surface area contributed by atoms with Crippen LogP contribution in [0.1, 0.15) is 38.2 Å². The minimum absolute atomic E-state index is 0.0515. The fraction of sp³-hybridized carbons (Fsp3) is 0.500. The number of aliphatic imine (C=N–C) groups is 1. The van der Waals surface area contributed by atoms with Crippen molar-refractivity contribution in [2.45, 2.75) is 38.1 Å². The Morgan fingerprint density at radius 3 is 2.50 bits per heavy atom. The van der Waals surface area contributed by atoms with Gasteiger partial charge in [0.25, 0.3) is 5.91 Å². The third kappa shape index (κ3) is 1.74. The number of carbonyl (C=O) groups is 1. The minimum Gasteiger partial charge on any atom is -0.369 e. The van der Waals surface area contributed by atoms with Crippen LogP contribution in [0.5, 0.6) is 0 Å². The van der Waals surface area contributed by atoms with Crippen LogP contribution >= 0.6 is 0 Å². The number of nitrogens with two attached hydrogens (primary N) is 1. The van der Waals surface area contributed by atoms with Crippen LogP contribution in [0.15, 0.2) is 35.3 Å². The number of likely N-dealkylation sites (N-methyl/N-ethyl adjacent to an activating group) is 1. The third-order valence-electron chi connectivity index (χ3n) is 4.61. The van der Waals surface area contributed by atoms with Gasteiger partial charge in [-0.05, 0) is 31.2 Å². The summed E-state index contributed by atoms with van der Waals surface area (Å²) in [5.74, 6) is 0.691. The van der Waals surface area contributed by atoms with Gasteiger partial charge in [-0.2, -0.15) is 0 Å². The Balaban J connectivity index is 2.13. The zero-order valence-corrected chi connectivity index (χ0v) is 11.9. The van der Waals surface area contributed by atoms with E-state index in [-0.39, 0.29) is 11.8 Å². The molecule has 1 amide bonds. The Kier molecular flexibility index (Phi) is 3.24. The number of nitrogens with zero attached hydrogens (tertiary/aromatic N) is 2. The summed E-state index contributed by atoms with van der Waals surface area (Å²) in [5.41, 5.74) is 6.22. The van der Waals surface area contributed by atoms with E-state index in [4.69, 9.17) is 5.73 Å². The Morgan fingerprint density at radius 1 is 1.30 bits per heavy atom. The predicted octanol–water partition coefficient (Wildman–Crippen LogP) is 2.25. The van der Waals surface area contributed by atoms with Crippen LogP contribution in [0.25, 0.3) is 0 Å². The SMILES string of the molecule is CCN1C(=O)C(c2ccccc2)(C2CCCC2)N=C1N. The van der Waals surface area contributed by atoms with E-state index in [1.807, 2.05) is 37.3 Å². The minimum atomic E-state index is -0.780. The highest BCUT2D eigenvalue weighted by molar-refractivity contribution is 6.07. The molecule has 1 fully saturated rings. The molecule has 1 unspecified atom stereocenters. The van der Waals surface area contributed by atoms with Crippen molar-refractivity contribution in [1.29, 1.82) is 0 Å². The number of hydrogen-bond donors (Lipinski definition) is 1. The molecular weight excluding hydrogens is 250 g/mol. The van der Waals surface area contributed by atoms with Gasteiger partial charge in [0.05, 0.1) is 0 Å². The van der Waals surface area contributed by atoms with E-state index >= 15 is 0 Å². The molecule has 1 aliphatic carbocycles. The molecule has 0 radical (unpaired) electrons. The molecule has 0 saturated heterocycles. The summed E-state index contributed by atoms with van der Waals surface area (Å²) in [7, 11) is 0. The first-order chi connectivity index (χ1) is 9.70. The average Bonchev–Trinajstić information content (AvgIpc) is 3.07. The largest absolute Gasteiger partial charge is 0.369 e. The summed E-state index contributed by atoms with van der Waals surface area (Å²) >= 11 is 0. The lowest BCUT2D eigenvalue weighted by Gasteiger charge is -2.31. The maximum absolute atomic E-state index is 13.0. The Hall–Kier alpha value is -1.84. The fourth-order valence-electron chi connectivity index (χ4n) is 3.63. The van der Waals surface area contributed by atoms with Crippen LogP contribution < -0.4 is 5.73 Å². The zero-order chi connectivity index (χ0) is 14.2. The topological polar surface area (TPSA) is 58.7 Å². The molecule has 1 aromatic carbocycles. The molecule has 1 saturated carbocycles. The Labute approximate surface area is 119 Å². The maximum Gasteiger partial charge on any atom is 0.262 e. The van der Waals surface area contributed by atoms with Gasteiger partial charge >= 0.3 is 0 Å². The van der Waals surface area contributed by atoms with Crippen molar-refractivity contribution < 1.29 is 4.79 Å². The number of carbonyl (C=O) groups excluding carboxylic acids is 1. The van der Waals surface area contributed by atoms with Crippen molar-refractivity contribution in [3.8, 4) is 0 Å². The second-order valence-corrected chi connectivity index (χ2v) is 5.63. The van der Waals surface area contributed by atoms with Crippen molar-refractivity contribution in [2.75, 3.05) is 6.54 Å². The molecule has 2 aliphatic rings. The van der Waals surface area contributed by atoms with Crippen molar-refractivity contribution in [1.82, 2.24) is 4.90 Å². The Morgan fingerprint density at radius 2 is 1.95 bits per heavy atom. The molecule has 4 nitrogen and oxygen atoms in total. The summed E-state index contributed by atoms with van der Waals surface area (Å²) in [5, 5.41) is 0. The summed E-state index contributed by atoms with van der Waals surface area (Å²) in [6.45, 7) is 2.52. The van der Waals surface area contributed by atoms with Crippen molar-refractivity contribution >= 4 is 11.9 Å². The van der Waals surface area contributed by atoms with E-state index in [2.05, 4.69) is 4.99 Å². The smallest absolute Gasteiger partial charge is 0.262 e. The second kappa shape index (κ2) is 4.93. The van der Waals surface area contributed by atoms with E-state index in [0.717, 1.165) is 18.4 Å². The maximum atomic E-state index is 13.0. The summed E-state index contributed by atoms with van der Waals surface area (Å²) in [6.07, 6.45) is 4.45. The first kappa shape index (κ1) is 13.2. The molecule has 2 N–H and O–H groups in total. The van der Waals surface area contributed by atoms with Crippen molar-refractivity contribution in [3.05, 3.63) is 35.9 Å². The standard InChI is InChI=1S/C16H21N3O/c1-2-19-14(20)16(18-15(19)17,13-10-6-7-11-13)12-8-4-3-5-9-12/h3-5,8-9,13H,2,6-7,10-11H2,1H3,(H2,17,18). The molecule has 0 spiro atoms. The molecule has 0 aromatic heterocycles. The van der Waals surface area contributed by atoms with Crippen LogP contribution in [0, 0.1) is 5.92 Å². The monoisotopic (exact) mass is 271 g/mol. The lowest BCUT2D eigenvalue weighted by Crippen LogP contribution is -2.45. The molecule has 1 heterocycles. The molecule has 4 heteroatoms. The third-order valence-corrected chi connectivity index (χ3v) is 4.61. The zero-order valence-electron chi connectivity index (χ0n) is 11.9. The van der Waals surface area contributed by atoms with E-state index in [9.17, 15) is 4.79 Å². The van der Waals surface area contributed by atoms with Crippen LogP contribution in [0.3, 0.4) is 0 Å². The van der Waals surface area contributed by atoms with Gasteiger partial charge in [-0.1, -0.05) is 43.2 Å². The van der Waals surface area contributed by atoms with Gasteiger partial charge in [0.2, 0.25) is 0 Å². The highest BCUT2D eigenvalue weighted by Crippen LogP contribution is 2.46. The van der Waals surface area contributed by atoms with Gasteiger partial charge in [0.1, 0.15) is 0 Å². The van der Waals surface area contributed by atoms with E-state index in [1.165, 1.54) is 12.8 Å². The summed E-state index contributed by atoms with van der Waals surface area (Å²) in [6, 6.07) is 9.92. The van der Waals surface area contributed by atoms with Crippen molar-refractivity contribution in [3.63, 3.8) is 0 Å². The highest BCUT2D eigenvalue weighted by atomic mass is 16.2. The molecular formula is C16H21N3O. The van der Waals surface area contributed by atoms with Gasteiger partial charge in [-0.3, -0.25) is 9.69 Å². The van der Waals surface area contributed by atoms with Crippen LogP contribution in [0.2, 0.25) is 0 Å². The molecule has 20 heavy (non-hydrogen) atoms. The van der Waals surface area contributed by atoms with Gasteiger partial charge < -0.3 is 5.73 Å². The first-order valence-corrected chi connectivity index (χ1v) is 7.43. The van der Waals surface area contributed by atoms with Gasteiger partial charge in [0, 0.05) is 6.54 Å². The van der Waals surface area contributed by atoms with Crippen LogP contribution in [-0.4, -0.2) is 23.3 Å². The number of rotatable bonds is 3. The Bertz CT molecular complexity index is 534. The normalized spacial score (nSPS) is 27.1. The fourth-order valence-corrected chi connectivity index (χ4v) is 3.63. The molecule has 3 rings (SSSR count). The van der Waals surface area contributed by atoms with Gasteiger partial charge in [0.15, 0.2) is 11.5 Å². The molecule has 1 aromatic rings. The summed E-state index contributed by atoms with van der Waals surface area (Å²) in [4.78, 5) is 19.3. The lowest BCUT2D eigenvalue weighted by atomic mass is 9.77. The number of amides is 1. The predicted molar refractivity (Wildman–Crippen MR) is 79.1 cm³/mol. The number of hydrogen-bond acceptors (Lipinski definition) is 3. The van der Waals surface area contributed by atoms with Crippen LogP contribution in [-0.2, 0) is 10.3 Å². The molecule has 106 valence electrons. The van der Waals surface area contributed by atoms with E-state index in [0.29, 0.717) is 12.5 Å². The number of guanidine groups is 1. The van der Waals surface area contributed by atoms with Gasteiger partial charge in [-0.25, -0.2) is 4.99 Å².